The van der Waals surface area contributed by atoms with Crippen LogP contribution >= 0.6 is 0 Å². The molecule has 0 aliphatic heterocycles. The highest BCUT2D eigenvalue weighted by Crippen LogP contribution is 2.28. The topological polar surface area (TPSA) is 85.3 Å². The van der Waals surface area contributed by atoms with Crippen molar-refractivity contribution in [2.24, 2.45) is 0 Å². The van der Waals surface area contributed by atoms with Gasteiger partial charge in [0.1, 0.15) is 12.3 Å². The van der Waals surface area contributed by atoms with E-state index in [1.807, 2.05) is 12.1 Å². The molecule has 0 aromatic heterocycles. The van der Waals surface area contributed by atoms with E-state index in [-0.39, 0.29) is 6.54 Å². The van der Waals surface area contributed by atoms with Gasteiger partial charge in [0.15, 0.2) is 11.5 Å². The maximum atomic E-state index is 12.8. The zero-order valence-corrected chi connectivity index (χ0v) is 15.6. The molecule has 0 atom stereocenters. The average molecular weight is 373 g/mol. The van der Waals surface area contributed by atoms with E-state index >= 15 is 0 Å². The first-order chi connectivity index (χ1) is 13.0. The summed E-state index contributed by atoms with van der Waals surface area (Å²) in [5.74, 6) is 0.120. The van der Waals surface area contributed by atoms with Crippen LogP contribution in [-0.2, 0) is 11.2 Å². The Bertz CT molecular complexity index is 805. The van der Waals surface area contributed by atoms with Gasteiger partial charge in [-0.05, 0) is 36.2 Å². The Morgan fingerprint density at radius 1 is 0.926 bits per heavy atom. The van der Waals surface area contributed by atoms with Crippen LogP contribution in [0, 0.1) is 0 Å². The third-order valence-electron chi connectivity index (χ3n) is 4.07. The Balaban J connectivity index is 2.19. The fourth-order valence-electron chi connectivity index (χ4n) is 2.71. The molecule has 0 saturated carbocycles. The van der Waals surface area contributed by atoms with Crippen molar-refractivity contribution in [1.29, 1.82) is 0 Å². The number of carbonyl (C=O) groups is 2. The average Bonchev–Trinajstić information content (AvgIpc) is 2.69. The molecule has 0 saturated heterocycles. The number of carbonyl (C=O) groups excluding carboxylic acids is 1. The molecule has 1 amide bonds. The lowest BCUT2D eigenvalue weighted by atomic mass is 10.1. The molecule has 2 aromatic carbocycles. The van der Waals surface area contributed by atoms with Gasteiger partial charge < -0.3 is 24.2 Å². The fourth-order valence-corrected chi connectivity index (χ4v) is 2.71. The van der Waals surface area contributed by atoms with Gasteiger partial charge in [0.25, 0.3) is 5.91 Å². The molecular weight excluding hydrogens is 350 g/mol. The number of rotatable bonds is 9. The number of amides is 1. The minimum Gasteiger partial charge on any atom is -0.496 e. The second-order valence-corrected chi connectivity index (χ2v) is 5.76. The van der Waals surface area contributed by atoms with Crippen LogP contribution in [0.25, 0.3) is 0 Å². The molecule has 0 radical (unpaired) electrons. The van der Waals surface area contributed by atoms with Crippen molar-refractivity contribution in [2.75, 3.05) is 34.4 Å². The molecule has 2 aromatic rings. The molecule has 0 aliphatic carbocycles. The molecule has 2 rings (SSSR count). The Labute approximate surface area is 158 Å². The monoisotopic (exact) mass is 373 g/mol. The smallest absolute Gasteiger partial charge is 0.323 e. The number of benzene rings is 2. The van der Waals surface area contributed by atoms with Crippen LogP contribution in [0.5, 0.6) is 17.2 Å². The van der Waals surface area contributed by atoms with Crippen molar-refractivity contribution in [1.82, 2.24) is 4.90 Å². The quantitative estimate of drug-likeness (QED) is 0.727. The predicted octanol–water partition coefficient (Wildman–Crippen LogP) is 2.48. The first kappa shape index (κ1) is 20.1. The predicted molar refractivity (Wildman–Crippen MR) is 99.8 cm³/mol. The lowest BCUT2D eigenvalue weighted by Gasteiger charge is -2.22. The largest absolute Gasteiger partial charge is 0.496 e. The van der Waals surface area contributed by atoms with Crippen LogP contribution in [0.2, 0.25) is 0 Å². The van der Waals surface area contributed by atoms with E-state index in [4.69, 9.17) is 14.2 Å². The summed E-state index contributed by atoms with van der Waals surface area (Å²) in [6.45, 7) is -0.164. The molecule has 27 heavy (non-hydrogen) atoms. The van der Waals surface area contributed by atoms with Gasteiger partial charge in [-0.2, -0.15) is 0 Å². The molecule has 1 N–H and O–H groups in total. The van der Waals surface area contributed by atoms with Crippen LogP contribution in [0.1, 0.15) is 15.9 Å². The summed E-state index contributed by atoms with van der Waals surface area (Å²) >= 11 is 0. The summed E-state index contributed by atoms with van der Waals surface area (Å²) in [5.41, 5.74) is 1.23. The van der Waals surface area contributed by atoms with E-state index in [1.54, 1.807) is 44.6 Å². The van der Waals surface area contributed by atoms with E-state index in [0.29, 0.717) is 29.2 Å². The van der Waals surface area contributed by atoms with Gasteiger partial charge in [-0.1, -0.05) is 18.2 Å². The van der Waals surface area contributed by atoms with Crippen LogP contribution in [0.3, 0.4) is 0 Å². The summed E-state index contributed by atoms with van der Waals surface area (Å²) in [6, 6.07) is 12.2. The molecule has 0 unspecified atom stereocenters. The van der Waals surface area contributed by atoms with Gasteiger partial charge in [-0.15, -0.1) is 0 Å². The van der Waals surface area contributed by atoms with Gasteiger partial charge in [0, 0.05) is 6.54 Å². The maximum absolute atomic E-state index is 12.8. The number of aliphatic carboxylic acids is 1. The second kappa shape index (κ2) is 9.47. The molecule has 0 fully saturated rings. The van der Waals surface area contributed by atoms with Gasteiger partial charge in [-0.3, -0.25) is 9.59 Å². The van der Waals surface area contributed by atoms with E-state index in [0.717, 1.165) is 5.56 Å². The summed E-state index contributed by atoms with van der Waals surface area (Å²) in [4.78, 5) is 25.4. The summed E-state index contributed by atoms with van der Waals surface area (Å²) < 4.78 is 15.7. The van der Waals surface area contributed by atoms with Crippen LogP contribution in [-0.4, -0.2) is 56.3 Å². The molecule has 0 heterocycles. The number of ether oxygens (including phenoxy) is 3. The normalized spacial score (nSPS) is 10.2. The Morgan fingerprint density at radius 3 is 2.22 bits per heavy atom. The Morgan fingerprint density at radius 2 is 1.59 bits per heavy atom. The number of nitrogens with zero attached hydrogens (tertiary/aromatic N) is 1. The first-order valence-electron chi connectivity index (χ1n) is 8.35. The van der Waals surface area contributed by atoms with Gasteiger partial charge >= 0.3 is 5.97 Å². The number of methoxy groups -OCH3 is 3. The zero-order valence-electron chi connectivity index (χ0n) is 15.6. The zero-order chi connectivity index (χ0) is 19.8. The van der Waals surface area contributed by atoms with E-state index in [1.165, 1.54) is 12.0 Å². The summed E-state index contributed by atoms with van der Waals surface area (Å²) in [6.07, 6.45) is 0.467. The maximum Gasteiger partial charge on any atom is 0.323 e. The van der Waals surface area contributed by atoms with Crippen LogP contribution in [0.4, 0.5) is 0 Å². The third kappa shape index (κ3) is 5.13. The lowest BCUT2D eigenvalue weighted by molar-refractivity contribution is -0.137. The van der Waals surface area contributed by atoms with Crippen LogP contribution < -0.4 is 14.2 Å². The number of para-hydroxylation sites is 1. The molecule has 7 heteroatoms. The number of hydrogen-bond donors (Lipinski definition) is 1. The number of hydrogen-bond acceptors (Lipinski definition) is 5. The van der Waals surface area contributed by atoms with Crippen molar-refractivity contribution in [3.8, 4) is 17.2 Å². The van der Waals surface area contributed by atoms with Gasteiger partial charge in [-0.25, -0.2) is 0 Å². The van der Waals surface area contributed by atoms with Crippen molar-refractivity contribution < 1.29 is 28.9 Å². The van der Waals surface area contributed by atoms with E-state index in [2.05, 4.69) is 0 Å². The van der Waals surface area contributed by atoms with Crippen LogP contribution in [0.15, 0.2) is 42.5 Å². The minimum atomic E-state index is -1.08. The highest BCUT2D eigenvalue weighted by Gasteiger charge is 2.21. The second-order valence-electron chi connectivity index (χ2n) is 5.76. The van der Waals surface area contributed by atoms with Crippen molar-refractivity contribution in [3.63, 3.8) is 0 Å². The summed E-state index contributed by atoms with van der Waals surface area (Å²) in [7, 11) is 4.57. The van der Waals surface area contributed by atoms with Gasteiger partial charge in [0.05, 0.1) is 26.9 Å². The molecule has 0 aliphatic rings. The van der Waals surface area contributed by atoms with E-state index in [9.17, 15) is 14.7 Å². The lowest BCUT2D eigenvalue weighted by Crippen LogP contribution is -2.37. The molecule has 144 valence electrons. The number of carboxylic acids is 1. The molecule has 7 nitrogen and oxygen atoms in total. The van der Waals surface area contributed by atoms with Crippen molar-refractivity contribution in [3.05, 3.63) is 53.6 Å². The SMILES string of the molecule is COc1ccc(CCN(CC(=O)O)C(=O)c2ccccc2OC)cc1OC. The Kier molecular flexibility index (Phi) is 7.05. The molecular formula is C20H23NO6. The highest BCUT2D eigenvalue weighted by atomic mass is 16.5. The third-order valence-corrected chi connectivity index (χ3v) is 4.07. The van der Waals surface area contributed by atoms with Gasteiger partial charge in [0.2, 0.25) is 0 Å². The van der Waals surface area contributed by atoms with Crippen molar-refractivity contribution in [2.45, 2.75) is 6.42 Å². The van der Waals surface area contributed by atoms with Crippen molar-refractivity contribution >= 4 is 11.9 Å². The first-order valence-corrected chi connectivity index (χ1v) is 8.35. The van der Waals surface area contributed by atoms with E-state index < -0.39 is 18.4 Å². The molecule has 0 bridgehead atoms. The summed E-state index contributed by atoms with van der Waals surface area (Å²) in [5, 5.41) is 9.19. The standard InChI is InChI=1S/C20H23NO6/c1-25-16-7-5-4-6-15(16)20(24)21(13-19(22)23)11-10-14-8-9-17(26-2)18(12-14)27-3/h4-9,12H,10-11,13H2,1-3H3,(H,22,23). The molecule has 0 spiro atoms. The fraction of sp³-hybridized carbons (Fsp3) is 0.300. The highest BCUT2D eigenvalue weighted by molar-refractivity contribution is 5.98. The Hall–Kier alpha value is -3.22. The number of carboxylic acid groups (broad SMARTS) is 1. The minimum absolute atomic E-state index is 0.235.